The molecule has 5 nitrogen and oxygen atoms in total. The maximum atomic E-state index is 13.3. The van der Waals surface area contributed by atoms with E-state index in [0.717, 1.165) is 13.0 Å². The molecule has 0 amide bonds. The summed E-state index contributed by atoms with van der Waals surface area (Å²) in [4.78, 5) is 20.7. The van der Waals surface area contributed by atoms with Gasteiger partial charge in [-0.1, -0.05) is 0 Å². The highest BCUT2D eigenvalue weighted by atomic mass is 19.1. The molecule has 0 fully saturated rings. The summed E-state index contributed by atoms with van der Waals surface area (Å²) in [7, 11) is 1.21. The number of halogens is 1. The summed E-state index contributed by atoms with van der Waals surface area (Å²) in [6, 6.07) is 1.71. The van der Waals surface area contributed by atoms with E-state index in [1.807, 2.05) is 0 Å². The molecule has 0 bridgehead atoms. The Bertz CT molecular complexity index is 430. The van der Waals surface area contributed by atoms with E-state index in [-0.39, 0.29) is 11.3 Å². The molecule has 0 atom stereocenters. The highest BCUT2D eigenvalue weighted by Gasteiger charge is 2.20. The monoisotopic (exact) mass is 213 g/mol. The number of ketones is 1. The fraction of sp³-hybridized carbons (Fsp3) is 0.222. The number of hydrogen-bond donors (Lipinski definition) is 0. The van der Waals surface area contributed by atoms with Crippen LogP contribution in [0.1, 0.15) is 17.3 Å². The van der Waals surface area contributed by atoms with Crippen molar-refractivity contribution in [3.63, 3.8) is 0 Å². The maximum Gasteiger partial charge on any atom is 0.276 e. The molecule has 0 aliphatic rings. The Morgan fingerprint density at radius 1 is 1.53 bits per heavy atom. The number of carbonyl (C=O) groups is 1. The van der Waals surface area contributed by atoms with Gasteiger partial charge in [-0.05, 0) is 6.92 Å². The highest BCUT2D eigenvalue weighted by molar-refractivity contribution is 5.97. The van der Waals surface area contributed by atoms with Gasteiger partial charge >= 0.3 is 0 Å². The van der Waals surface area contributed by atoms with E-state index in [0.29, 0.717) is 6.07 Å². The molecule has 0 saturated carbocycles. The fourth-order valence-corrected chi connectivity index (χ4v) is 1.18. The van der Waals surface area contributed by atoms with Crippen LogP contribution in [0.2, 0.25) is 0 Å². The lowest BCUT2D eigenvalue weighted by molar-refractivity contribution is -0.385. The number of non-ortho nitro benzene ring substituents is 1. The van der Waals surface area contributed by atoms with Crippen LogP contribution in [0.3, 0.4) is 0 Å². The van der Waals surface area contributed by atoms with Crippen LogP contribution in [0.25, 0.3) is 0 Å². The summed E-state index contributed by atoms with van der Waals surface area (Å²) in [5.74, 6) is -1.62. The van der Waals surface area contributed by atoms with Gasteiger partial charge in [-0.25, -0.2) is 4.39 Å². The molecule has 1 aromatic carbocycles. The molecule has 0 heterocycles. The number of methoxy groups -OCH3 is 1. The summed E-state index contributed by atoms with van der Waals surface area (Å²) >= 11 is 0. The molecule has 0 saturated heterocycles. The van der Waals surface area contributed by atoms with Gasteiger partial charge in [0.15, 0.2) is 5.78 Å². The van der Waals surface area contributed by atoms with Gasteiger partial charge < -0.3 is 4.74 Å². The fourth-order valence-electron chi connectivity index (χ4n) is 1.18. The van der Waals surface area contributed by atoms with Gasteiger partial charge in [-0.15, -0.1) is 0 Å². The number of nitrogens with zero attached hydrogens (tertiary/aromatic N) is 1. The van der Waals surface area contributed by atoms with Crippen LogP contribution in [0.15, 0.2) is 12.1 Å². The maximum absolute atomic E-state index is 13.3. The Morgan fingerprint density at radius 3 is 2.53 bits per heavy atom. The molecule has 0 aliphatic heterocycles. The highest BCUT2D eigenvalue weighted by Crippen LogP contribution is 2.27. The minimum absolute atomic E-state index is 0.130. The Morgan fingerprint density at radius 2 is 2.13 bits per heavy atom. The van der Waals surface area contributed by atoms with Crippen molar-refractivity contribution in [3.8, 4) is 5.75 Å². The van der Waals surface area contributed by atoms with Crippen LogP contribution in [0.5, 0.6) is 5.75 Å². The van der Waals surface area contributed by atoms with Crippen molar-refractivity contribution in [2.24, 2.45) is 0 Å². The first-order valence-corrected chi connectivity index (χ1v) is 4.00. The van der Waals surface area contributed by atoms with Gasteiger partial charge in [0.25, 0.3) is 5.69 Å². The average Bonchev–Trinajstić information content (AvgIpc) is 2.15. The van der Waals surface area contributed by atoms with Crippen LogP contribution in [0, 0.1) is 15.9 Å². The zero-order valence-electron chi connectivity index (χ0n) is 8.11. The first kappa shape index (κ1) is 11.1. The van der Waals surface area contributed by atoms with Gasteiger partial charge in [0, 0.05) is 0 Å². The molecule has 0 spiro atoms. The molecule has 0 N–H and O–H groups in total. The van der Waals surface area contributed by atoms with E-state index in [2.05, 4.69) is 0 Å². The number of ether oxygens (including phenoxy) is 1. The number of carbonyl (C=O) groups excluding carboxylic acids is 1. The van der Waals surface area contributed by atoms with Gasteiger partial charge in [-0.2, -0.15) is 0 Å². The van der Waals surface area contributed by atoms with Crippen molar-refractivity contribution < 1.29 is 18.8 Å². The van der Waals surface area contributed by atoms with Gasteiger partial charge in [0.05, 0.1) is 29.7 Å². The number of benzene rings is 1. The van der Waals surface area contributed by atoms with E-state index in [1.54, 1.807) is 0 Å². The third kappa shape index (κ3) is 2.09. The summed E-state index contributed by atoms with van der Waals surface area (Å²) in [6.45, 7) is 1.16. The van der Waals surface area contributed by atoms with Gasteiger partial charge in [0.1, 0.15) is 11.6 Å². The Hall–Kier alpha value is -1.98. The van der Waals surface area contributed by atoms with Crippen LogP contribution in [-0.4, -0.2) is 17.8 Å². The minimum atomic E-state index is -0.950. The Labute approximate surface area is 84.6 Å². The van der Waals surface area contributed by atoms with Crippen LogP contribution in [-0.2, 0) is 0 Å². The molecular formula is C9H8FNO4. The molecule has 15 heavy (non-hydrogen) atoms. The van der Waals surface area contributed by atoms with Gasteiger partial charge in [0.2, 0.25) is 0 Å². The third-order valence-electron chi connectivity index (χ3n) is 1.82. The first-order chi connectivity index (χ1) is 6.97. The van der Waals surface area contributed by atoms with Crippen molar-refractivity contribution in [2.45, 2.75) is 6.92 Å². The zero-order valence-corrected chi connectivity index (χ0v) is 8.11. The molecule has 0 unspecified atom stereocenters. The second-order valence-electron chi connectivity index (χ2n) is 2.82. The minimum Gasteiger partial charge on any atom is -0.496 e. The average molecular weight is 213 g/mol. The SMILES string of the molecule is COc1cc([N+](=O)[O-])cc(F)c1C(C)=O. The second-order valence-corrected chi connectivity index (χ2v) is 2.82. The van der Waals surface area contributed by atoms with Crippen LogP contribution >= 0.6 is 0 Å². The lowest BCUT2D eigenvalue weighted by atomic mass is 10.1. The molecule has 0 aliphatic carbocycles. The molecule has 1 aromatic rings. The van der Waals surface area contributed by atoms with Crippen molar-refractivity contribution in [1.82, 2.24) is 0 Å². The number of Topliss-reactive ketones (excluding diaryl/α,β-unsaturated/α-hetero) is 1. The quantitative estimate of drug-likeness (QED) is 0.437. The number of nitro groups is 1. The standard InChI is InChI=1S/C9H8FNO4/c1-5(12)9-7(10)3-6(11(13)14)4-8(9)15-2/h3-4H,1-2H3. The number of nitro benzene ring substituents is 1. The smallest absolute Gasteiger partial charge is 0.276 e. The van der Waals surface area contributed by atoms with E-state index in [4.69, 9.17) is 4.74 Å². The summed E-state index contributed by atoms with van der Waals surface area (Å²) < 4.78 is 18.0. The second kappa shape index (κ2) is 4.04. The molecule has 1 rings (SSSR count). The number of rotatable bonds is 3. The van der Waals surface area contributed by atoms with Gasteiger partial charge in [-0.3, -0.25) is 14.9 Å². The van der Waals surface area contributed by atoms with Crippen molar-refractivity contribution in [1.29, 1.82) is 0 Å². The third-order valence-corrected chi connectivity index (χ3v) is 1.82. The lowest BCUT2D eigenvalue weighted by Gasteiger charge is -2.06. The molecule has 0 radical (unpaired) electrons. The molecule has 80 valence electrons. The zero-order chi connectivity index (χ0) is 11.6. The van der Waals surface area contributed by atoms with E-state index < -0.39 is 22.2 Å². The van der Waals surface area contributed by atoms with Crippen molar-refractivity contribution in [2.75, 3.05) is 7.11 Å². The molecule has 6 heteroatoms. The normalized spacial score (nSPS) is 9.80. The Kier molecular flexibility index (Phi) is 2.99. The Balaban J connectivity index is 3.43. The predicted molar refractivity (Wildman–Crippen MR) is 49.6 cm³/mol. The topological polar surface area (TPSA) is 69.4 Å². The lowest BCUT2D eigenvalue weighted by Crippen LogP contribution is -2.03. The van der Waals surface area contributed by atoms with Crippen molar-refractivity contribution in [3.05, 3.63) is 33.6 Å². The predicted octanol–water partition coefficient (Wildman–Crippen LogP) is 1.95. The molecule has 0 aromatic heterocycles. The largest absolute Gasteiger partial charge is 0.496 e. The number of hydrogen-bond acceptors (Lipinski definition) is 4. The summed E-state index contributed by atoms with van der Waals surface area (Å²) in [5, 5.41) is 10.4. The van der Waals surface area contributed by atoms with Crippen LogP contribution < -0.4 is 4.74 Å². The van der Waals surface area contributed by atoms with E-state index in [9.17, 15) is 19.3 Å². The van der Waals surface area contributed by atoms with Crippen LogP contribution in [0.4, 0.5) is 10.1 Å². The first-order valence-electron chi connectivity index (χ1n) is 4.00. The van der Waals surface area contributed by atoms with Crippen molar-refractivity contribution >= 4 is 11.5 Å². The van der Waals surface area contributed by atoms with E-state index >= 15 is 0 Å². The summed E-state index contributed by atoms with van der Waals surface area (Å²) in [5.41, 5.74) is -0.725. The molecular weight excluding hydrogens is 205 g/mol. The van der Waals surface area contributed by atoms with E-state index in [1.165, 1.54) is 7.11 Å². The summed E-state index contributed by atoms with van der Waals surface area (Å²) in [6.07, 6.45) is 0.